The number of nitrogens with one attached hydrogen (secondary N) is 7. The first-order chi connectivity index (χ1) is 39.3. The van der Waals surface area contributed by atoms with Gasteiger partial charge in [-0.05, 0) is 132 Å². The fourth-order valence-corrected chi connectivity index (χ4v) is 11.0. The molecule has 0 aromatic heterocycles. The number of anilines is 2. The Kier molecular flexibility index (Phi) is 23.9. The third kappa shape index (κ3) is 19.5. The summed E-state index contributed by atoms with van der Waals surface area (Å²) in [6.07, 6.45) is -0.673. The van der Waals surface area contributed by atoms with E-state index in [-0.39, 0.29) is 66.9 Å². The second kappa shape index (κ2) is 30.2. The average molecular weight is 1180 g/mol. The molecule has 1 aliphatic carbocycles. The summed E-state index contributed by atoms with van der Waals surface area (Å²) in [6.45, 7) is 19.3. The van der Waals surface area contributed by atoms with Crippen molar-refractivity contribution in [3.8, 4) is 22.5 Å². The Balaban J connectivity index is 1.21. The summed E-state index contributed by atoms with van der Waals surface area (Å²) in [5, 5.41) is 60.1. The lowest BCUT2D eigenvalue weighted by Crippen LogP contribution is -2.51. The summed E-state index contributed by atoms with van der Waals surface area (Å²) in [6, 6.07) is 22.6. The summed E-state index contributed by atoms with van der Waals surface area (Å²) >= 11 is 10.9. The highest BCUT2D eigenvalue weighted by atomic mass is 32.1. The van der Waals surface area contributed by atoms with Crippen molar-refractivity contribution in [3.05, 3.63) is 101 Å². The quantitative estimate of drug-likeness (QED) is 0.0102. The Labute approximate surface area is 494 Å². The lowest BCUT2D eigenvalue weighted by Gasteiger charge is -2.36. The summed E-state index contributed by atoms with van der Waals surface area (Å²) < 4.78 is 8.86. The van der Waals surface area contributed by atoms with Crippen molar-refractivity contribution in [3.63, 3.8) is 0 Å². The molecular formula is C60H78N9O12S2+. The third-order valence-corrected chi connectivity index (χ3v) is 14.4. The number of nitrogens with zero attached hydrogens (tertiary/aromatic N) is 2. The molecule has 3 amide bonds. The number of rotatable bonds is 30. The molecule has 0 fully saturated rings. The van der Waals surface area contributed by atoms with Gasteiger partial charge in [0, 0.05) is 97.4 Å². The summed E-state index contributed by atoms with van der Waals surface area (Å²) in [4.78, 5) is 90.0. The number of carboxylic acids is 4. The molecule has 2 aliphatic rings. The number of aliphatic carboxylic acids is 3. The predicted molar refractivity (Wildman–Crippen MR) is 328 cm³/mol. The molecule has 0 spiro atoms. The number of thiocarbonyl (C=S) groups is 2. The molecule has 0 bridgehead atoms. The fraction of sp³-hybridized carbons (Fsp3) is 0.433. The van der Waals surface area contributed by atoms with Crippen molar-refractivity contribution >= 4 is 98.6 Å². The van der Waals surface area contributed by atoms with E-state index >= 15 is 0 Å². The molecule has 11 N–H and O–H groups in total. The van der Waals surface area contributed by atoms with Gasteiger partial charge in [-0.3, -0.25) is 19.2 Å². The van der Waals surface area contributed by atoms with Crippen LogP contribution in [0.5, 0.6) is 0 Å². The van der Waals surface area contributed by atoms with Gasteiger partial charge in [-0.1, -0.05) is 50.2 Å². The summed E-state index contributed by atoms with van der Waals surface area (Å²) in [5.74, 6) is -5.89. The van der Waals surface area contributed by atoms with Crippen molar-refractivity contribution in [2.75, 3.05) is 49.5 Å². The van der Waals surface area contributed by atoms with E-state index < -0.39 is 71.2 Å². The molecule has 83 heavy (non-hydrogen) atoms. The van der Waals surface area contributed by atoms with E-state index in [1.54, 1.807) is 18.2 Å². The number of benzene rings is 4. The topological polar surface area (TPSA) is 304 Å². The van der Waals surface area contributed by atoms with Gasteiger partial charge in [0.1, 0.15) is 42.6 Å². The zero-order valence-corrected chi connectivity index (χ0v) is 49.9. The van der Waals surface area contributed by atoms with Gasteiger partial charge in [0.05, 0.1) is 11.6 Å². The maximum Gasteiger partial charge on any atom is 0.336 e. The fourth-order valence-electron chi connectivity index (χ4n) is 10.3. The minimum absolute atomic E-state index is 0.0252. The number of carbonyl (C=O) groups excluding carboxylic acids is 3. The molecule has 0 radical (unpaired) electrons. The van der Waals surface area contributed by atoms with Crippen LogP contribution in [-0.2, 0) is 35.2 Å². The molecule has 1 aliphatic heterocycles. The minimum Gasteiger partial charge on any atom is -0.481 e. The molecule has 5 rings (SSSR count). The van der Waals surface area contributed by atoms with Crippen molar-refractivity contribution in [2.45, 2.75) is 124 Å². The van der Waals surface area contributed by atoms with E-state index in [0.717, 1.165) is 59.3 Å². The number of hydrogen-bond acceptors (Lipinski definition) is 11. The molecule has 446 valence electrons. The summed E-state index contributed by atoms with van der Waals surface area (Å²) in [7, 11) is 0. The summed E-state index contributed by atoms with van der Waals surface area (Å²) in [5.41, 5.74) is 3.59. The van der Waals surface area contributed by atoms with E-state index in [1.807, 2.05) is 94.4 Å². The Morgan fingerprint density at radius 3 is 1.90 bits per heavy atom. The Hall–Kier alpha value is -8.18. The number of hydrogen-bond donors (Lipinski definition) is 11. The molecule has 21 nitrogen and oxygen atoms in total. The average Bonchev–Trinajstić information content (AvgIpc) is 1.64. The lowest BCUT2D eigenvalue weighted by molar-refractivity contribution is -0.141. The van der Waals surface area contributed by atoms with E-state index in [9.17, 15) is 48.9 Å². The second-order valence-electron chi connectivity index (χ2n) is 21.6. The maximum absolute atomic E-state index is 13.8. The Morgan fingerprint density at radius 2 is 1.30 bits per heavy atom. The SMILES string of the molecule is CCN(CC)c1ccc2c(-c3ccc(NC(=S)NC(C)(C)CC(C)(C)CC(=O)NC(Cc4ccccc4)C(=O)NCCNC(=O)CCC(NC(=S)NC(CCC(=O)O)C(=O)O)C(=O)O)cc3C(=O)O)c3ccc(=[N+](CC)CC)cc-3oc2c1. The van der Waals surface area contributed by atoms with Crippen LogP contribution in [0, 0.1) is 5.41 Å². The first-order valence-corrected chi connectivity index (χ1v) is 28.5. The molecule has 1 heterocycles. The van der Waals surface area contributed by atoms with Crippen LogP contribution in [-0.4, -0.2) is 135 Å². The van der Waals surface area contributed by atoms with Crippen LogP contribution in [0.4, 0.5) is 11.4 Å². The molecule has 3 atom stereocenters. The Bertz CT molecular complexity index is 3210. The van der Waals surface area contributed by atoms with Gasteiger partial charge in [0.25, 0.3) is 0 Å². The smallest absolute Gasteiger partial charge is 0.336 e. The zero-order valence-electron chi connectivity index (χ0n) is 48.3. The van der Waals surface area contributed by atoms with E-state index in [0.29, 0.717) is 29.0 Å². The van der Waals surface area contributed by atoms with Crippen LogP contribution < -0.4 is 52.1 Å². The lowest BCUT2D eigenvalue weighted by atomic mass is 9.77. The van der Waals surface area contributed by atoms with Crippen LogP contribution in [0.15, 0.2) is 89.3 Å². The van der Waals surface area contributed by atoms with Crippen LogP contribution >= 0.6 is 24.4 Å². The van der Waals surface area contributed by atoms with Gasteiger partial charge in [0.15, 0.2) is 10.2 Å². The van der Waals surface area contributed by atoms with E-state index in [4.69, 9.17) is 34.0 Å². The molecule has 3 unspecified atom stereocenters. The van der Waals surface area contributed by atoms with Crippen LogP contribution in [0.2, 0.25) is 0 Å². The largest absolute Gasteiger partial charge is 0.481 e. The second-order valence-corrected chi connectivity index (χ2v) is 22.4. The minimum atomic E-state index is -1.39. The number of carbonyl (C=O) groups is 7. The number of carboxylic acid groups (broad SMARTS) is 4. The van der Waals surface area contributed by atoms with Gasteiger partial charge in [-0.25, -0.2) is 19.0 Å². The number of fused-ring (bicyclic) bond motifs is 2. The zero-order chi connectivity index (χ0) is 61.2. The molecular weight excluding hydrogens is 1100 g/mol. The van der Waals surface area contributed by atoms with Gasteiger partial charge >= 0.3 is 23.9 Å². The number of amides is 3. The predicted octanol–water partition coefficient (Wildman–Crippen LogP) is 6.41. The van der Waals surface area contributed by atoms with Crippen molar-refractivity contribution in [2.24, 2.45) is 5.41 Å². The standard InChI is InChI=1S/C60H77N9O12S2/c1-9-68(10-2)38-19-22-41-47(32-38)81-48-33-39(69(11-3)12-4)20-23-42(48)52(41)40-21-18-37(31-43(40)54(75)76)63-58(83)67-60(7,8)35-59(5,6)34-50(71)64-46(30-36-16-14-13-15-17-36)53(74)62-29-28-61-49(70)26-24-44(55(77)78)65-57(82)66-45(56(79)80)25-27-51(72)73/h13-23,31-33,44-46H,9-12,24-30,34-35H2,1-8H3,(H10,61,62,64,65,66,67,70,71,72,73,74,75,76,77,78,79,80,82,83)/p+1. The van der Waals surface area contributed by atoms with Gasteiger partial charge in [-0.2, -0.15) is 0 Å². The van der Waals surface area contributed by atoms with Crippen LogP contribution in [0.3, 0.4) is 0 Å². The highest BCUT2D eigenvalue weighted by Crippen LogP contribution is 2.43. The van der Waals surface area contributed by atoms with E-state index in [2.05, 4.69) is 74.4 Å². The van der Waals surface area contributed by atoms with Crippen molar-refractivity contribution in [1.82, 2.24) is 36.5 Å². The van der Waals surface area contributed by atoms with Gasteiger partial charge in [0.2, 0.25) is 23.1 Å². The number of aromatic carboxylic acids is 1. The van der Waals surface area contributed by atoms with Gasteiger partial charge in [-0.15, -0.1) is 0 Å². The molecule has 23 heteroatoms. The molecule has 0 saturated heterocycles. The monoisotopic (exact) mass is 1180 g/mol. The normalized spacial score (nSPS) is 12.5. The van der Waals surface area contributed by atoms with Crippen molar-refractivity contribution in [1.29, 1.82) is 0 Å². The first kappa shape index (κ1) is 65.6. The van der Waals surface area contributed by atoms with Gasteiger partial charge < -0.3 is 67.0 Å². The molecule has 3 aromatic rings. The maximum atomic E-state index is 13.8. The van der Waals surface area contributed by atoms with E-state index in [1.165, 1.54) is 0 Å². The molecule has 0 saturated carbocycles. The first-order valence-electron chi connectivity index (χ1n) is 27.7. The highest BCUT2D eigenvalue weighted by molar-refractivity contribution is 7.80. The van der Waals surface area contributed by atoms with Crippen molar-refractivity contribution < 1.29 is 58.4 Å². The van der Waals surface area contributed by atoms with Crippen LogP contribution in [0.25, 0.3) is 33.4 Å². The third-order valence-electron chi connectivity index (χ3n) is 13.9. The highest BCUT2D eigenvalue weighted by Gasteiger charge is 2.33. The van der Waals surface area contributed by atoms with Crippen LogP contribution in [0.1, 0.15) is 110 Å². The molecule has 3 aromatic carbocycles. The Morgan fingerprint density at radius 1 is 0.675 bits per heavy atom.